The fourth-order valence-corrected chi connectivity index (χ4v) is 1.99. The molecule has 15 heavy (non-hydrogen) atoms. The van der Waals surface area contributed by atoms with Crippen LogP contribution in [0.3, 0.4) is 0 Å². The molecule has 0 aromatic carbocycles. The van der Waals surface area contributed by atoms with Crippen LogP contribution in [0.2, 0.25) is 0 Å². The van der Waals surface area contributed by atoms with Gasteiger partial charge in [0.15, 0.2) is 0 Å². The van der Waals surface area contributed by atoms with E-state index < -0.39 is 35.6 Å². The van der Waals surface area contributed by atoms with Crippen LogP contribution in [0.1, 0.15) is 12.8 Å². The van der Waals surface area contributed by atoms with Crippen LogP contribution in [0.5, 0.6) is 0 Å². The number of carboxylic acids is 2. The van der Waals surface area contributed by atoms with Crippen LogP contribution >= 0.6 is 0 Å². The van der Waals surface area contributed by atoms with Gasteiger partial charge in [0.1, 0.15) is 0 Å². The van der Waals surface area contributed by atoms with E-state index in [0.717, 1.165) is 0 Å². The molecule has 0 radical (unpaired) electrons. The van der Waals surface area contributed by atoms with E-state index in [-0.39, 0.29) is 12.8 Å². The van der Waals surface area contributed by atoms with Crippen molar-refractivity contribution in [1.29, 1.82) is 0 Å². The summed E-state index contributed by atoms with van der Waals surface area (Å²) in [6.07, 6.45) is 0.134. The van der Waals surface area contributed by atoms with Crippen molar-refractivity contribution in [3.8, 4) is 0 Å². The quantitative estimate of drug-likeness (QED) is 0.591. The Labute approximate surface area is 86.3 Å². The molecule has 0 saturated heterocycles. The molecule has 6 nitrogen and oxygen atoms in total. The maximum atomic E-state index is 11.3. The Morgan fingerprint density at radius 1 is 1.07 bits per heavy atom. The SMILES string of the molecule is CNC(=O)C1CC(C(=O)O)CC1C(=O)O. The Hall–Kier alpha value is -1.59. The molecule has 3 unspecified atom stereocenters. The number of hydrogen-bond donors (Lipinski definition) is 3. The molecule has 1 aliphatic rings. The van der Waals surface area contributed by atoms with Gasteiger partial charge in [0, 0.05) is 7.05 Å². The third-order valence-electron chi connectivity index (χ3n) is 2.81. The molecule has 1 saturated carbocycles. The van der Waals surface area contributed by atoms with E-state index in [9.17, 15) is 14.4 Å². The minimum Gasteiger partial charge on any atom is -0.481 e. The second-order valence-corrected chi connectivity index (χ2v) is 3.67. The molecule has 3 atom stereocenters. The molecular weight excluding hydrogens is 202 g/mol. The first-order valence-corrected chi connectivity index (χ1v) is 4.64. The predicted molar refractivity (Wildman–Crippen MR) is 49.0 cm³/mol. The van der Waals surface area contributed by atoms with Gasteiger partial charge in [-0.05, 0) is 12.8 Å². The standard InChI is InChI=1S/C9H13NO5/c1-10-7(11)5-2-4(8(12)13)3-6(5)9(14)15/h4-6H,2-3H2,1H3,(H,10,11)(H,12,13)(H,14,15). The fraction of sp³-hybridized carbons (Fsp3) is 0.667. The molecule has 1 aliphatic carbocycles. The van der Waals surface area contributed by atoms with Crippen LogP contribution in [0.15, 0.2) is 0 Å². The van der Waals surface area contributed by atoms with Gasteiger partial charge >= 0.3 is 11.9 Å². The van der Waals surface area contributed by atoms with Gasteiger partial charge in [0.2, 0.25) is 5.91 Å². The summed E-state index contributed by atoms with van der Waals surface area (Å²) < 4.78 is 0. The second-order valence-electron chi connectivity index (χ2n) is 3.67. The van der Waals surface area contributed by atoms with E-state index in [1.54, 1.807) is 0 Å². The van der Waals surface area contributed by atoms with E-state index in [0.29, 0.717) is 0 Å². The van der Waals surface area contributed by atoms with Crippen LogP contribution in [0.25, 0.3) is 0 Å². The van der Waals surface area contributed by atoms with Crippen LogP contribution in [-0.2, 0) is 14.4 Å². The molecule has 0 heterocycles. The smallest absolute Gasteiger partial charge is 0.307 e. The van der Waals surface area contributed by atoms with Crippen molar-refractivity contribution in [2.45, 2.75) is 12.8 Å². The topological polar surface area (TPSA) is 104 Å². The van der Waals surface area contributed by atoms with Gasteiger partial charge in [0.25, 0.3) is 0 Å². The van der Waals surface area contributed by atoms with E-state index in [4.69, 9.17) is 10.2 Å². The molecule has 0 aliphatic heterocycles. The van der Waals surface area contributed by atoms with Gasteiger partial charge < -0.3 is 15.5 Å². The first-order valence-electron chi connectivity index (χ1n) is 4.64. The highest BCUT2D eigenvalue weighted by atomic mass is 16.4. The molecule has 0 spiro atoms. The van der Waals surface area contributed by atoms with E-state index in [1.807, 2.05) is 0 Å². The first-order chi connectivity index (χ1) is 6.97. The van der Waals surface area contributed by atoms with Crippen LogP contribution in [0.4, 0.5) is 0 Å². The number of carbonyl (C=O) groups is 3. The monoisotopic (exact) mass is 215 g/mol. The van der Waals surface area contributed by atoms with Crippen molar-refractivity contribution in [3.05, 3.63) is 0 Å². The summed E-state index contributed by atoms with van der Waals surface area (Å²) in [4.78, 5) is 32.9. The van der Waals surface area contributed by atoms with Crippen LogP contribution < -0.4 is 5.32 Å². The average molecular weight is 215 g/mol. The summed E-state index contributed by atoms with van der Waals surface area (Å²) in [5.41, 5.74) is 0. The van der Waals surface area contributed by atoms with Crippen molar-refractivity contribution < 1.29 is 24.6 Å². The third-order valence-corrected chi connectivity index (χ3v) is 2.81. The van der Waals surface area contributed by atoms with Gasteiger partial charge in [-0.25, -0.2) is 0 Å². The fourth-order valence-electron chi connectivity index (χ4n) is 1.99. The maximum absolute atomic E-state index is 11.3. The van der Waals surface area contributed by atoms with Crippen molar-refractivity contribution in [2.75, 3.05) is 7.05 Å². The first kappa shape index (κ1) is 11.5. The van der Waals surface area contributed by atoms with Gasteiger partial charge in [0.05, 0.1) is 17.8 Å². The number of carbonyl (C=O) groups excluding carboxylic acids is 1. The molecule has 6 heteroatoms. The average Bonchev–Trinajstić information content (AvgIpc) is 2.61. The molecular formula is C9H13NO5. The zero-order valence-corrected chi connectivity index (χ0v) is 8.27. The predicted octanol–water partition coefficient (Wildman–Crippen LogP) is -0.456. The summed E-state index contributed by atoms with van der Waals surface area (Å²) >= 11 is 0. The molecule has 84 valence electrons. The Kier molecular flexibility index (Phi) is 3.28. The lowest BCUT2D eigenvalue weighted by Crippen LogP contribution is -2.32. The Morgan fingerprint density at radius 3 is 2.00 bits per heavy atom. The molecule has 0 aromatic heterocycles. The van der Waals surface area contributed by atoms with Crippen molar-refractivity contribution in [2.24, 2.45) is 17.8 Å². The van der Waals surface area contributed by atoms with Gasteiger partial charge in [-0.15, -0.1) is 0 Å². The number of nitrogens with one attached hydrogen (secondary N) is 1. The minimum atomic E-state index is -1.10. The van der Waals surface area contributed by atoms with E-state index >= 15 is 0 Å². The minimum absolute atomic E-state index is 0.0305. The largest absolute Gasteiger partial charge is 0.481 e. The van der Waals surface area contributed by atoms with Crippen molar-refractivity contribution in [1.82, 2.24) is 5.32 Å². The summed E-state index contributed by atoms with van der Waals surface area (Å²) in [5.74, 6) is -4.88. The zero-order valence-electron chi connectivity index (χ0n) is 8.27. The van der Waals surface area contributed by atoms with Crippen LogP contribution in [-0.4, -0.2) is 35.1 Å². The molecule has 1 fully saturated rings. The normalized spacial score (nSPS) is 29.8. The Bertz CT molecular complexity index is 301. The molecule has 1 amide bonds. The summed E-state index contributed by atoms with van der Waals surface area (Å²) in [6.45, 7) is 0. The van der Waals surface area contributed by atoms with Crippen LogP contribution in [0, 0.1) is 17.8 Å². The highest BCUT2D eigenvalue weighted by molar-refractivity contribution is 5.86. The van der Waals surface area contributed by atoms with Crippen molar-refractivity contribution in [3.63, 3.8) is 0 Å². The molecule has 1 rings (SSSR count). The third kappa shape index (κ3) is 2.26. The van der Waals surface area contributed by atoms with Crippen molar-refractivity contribution >= 4 is 17.8 Å². The summed E-state index contributed by atoms with van der Waals surface area (Å²) in [7, 11) is 1.41. The lowest BCUT2D eigenvalue weighted by molar-refractivity contribution is -0.146. The number of aliphatic carboxylic acids is 2. The Morgan fingerprint density at radius 2 is 1.60 bits per heavy atom. The summed E-state index contributed by atoms with van der Waals surface area (Å²) in [5, 5.41) is 20.0. The number of carboxylic acid groups (broad SMARTS) is 2. The lowest BCUT2D eigenvalue weighted by Gasteiger charge is -2.12. The molecule has 3 N–H and O–H groups in total. The number of rotatable bonds is 3. The Balaban J connectivity index is 2.81. The van der Waals surface area contributed by atoms with E-state index in [2.05, 4.69) is 5.32 Å². The van der Waals surface area contributed by atoms with Gasteiger partial charge in [-0.3, -0.25) is 14.4 Å². The highest BCUT2D eigenvalue weighted by Crippen LogP contribution is 2.36. The number of amides is 1. The second kappa shape index (κ2) is 4.29. The lowest BCUT2D eigenvalue weighted by atomic mass is 9.95. The van der Waals surface area contributed by atoms with E-state index in [1.165, 1.54) is 7.05 Å². The van der Waals surface area contributed by atoms with Gasteiger partial charge in [-0.2, -0.15) is 0 Å². The van der Waals surface area contributed by atoms with Gasteiger partial charge in [-0.1, -0.05) is 0 Å². The maximum Gasteiger partial charge on any atom is 0.307 e. The molecule has 0 bridgehead atoms. The summed E-state index contributed by atoms with van der Waals surface area (Å²) in [6, 6.07) is 0. The highest BCUT2D eigenvalue weighted by Gasteiger charge is 2.44. The molecule has 0 aromatic rings. The number of hydrogen-bond acceptors (Lipinski definition) is 3. The zero-order chi connectivity index (χ0) is 11.6.